The molecule has 7 rings (SSSR count). The number of fused-ring (bicyclic) bond motifs is 3. The molecule has 4 aromatic carbocycles. The van der Waals surface area contributed by atoms with E-state index in [0.29, 0.717) is 24.3 Å². The van der Waals surface area contributed by atoms with Crippen LogP contribution in [0.4, 0.5) is 10.5 Å². The average Bonchev–Trinajstić information content (AvgIpc) is 3.25. The summed E-state index contributed by atoms with van der Waals surface area (Å²) in [5.74, 6) is -1.85. The molecule has 1 fully saturated rings. The first-order valence-electron chi connectivity index (χ1n) is 21.5. The molecule has 328 valence electrons. The van der Waals surface area contributed by atoms with Crippen molar-refractivity contribution in [1.82, 2.24) is 4.90 Å². The van der Waals surface area contributed by atoms with Gasteiger partial charge in [0.2, 0.25) is 5.79 Å². The van der Waals surface area contributed by atoms with Gasteiger partial charge in [-0.1, -0.05) is 72.6 Å². The summed E-state index contributed by atoms with van der Waals surface area (Å²) in [5.41, 5.74) is 2.28. The number of nitrogens with zero attached hydrogens (tertiary/aromatic N) is 3. The number of hydrogen-bond acceptors (Lipinski definition) is 11. The third-order valence-corrected chi connectivity index (χ3v) is 12.2. The predicted octanol–water partition coefficient (Wildman–Crippen LogP) is 9.59. The lowest BCUT2D eigenvalue weighted by atomic mass is 9.55. The molecule has 6 atom stereocenters. The smallest absolute Gasteiger partial charge is 0.416 e. The summed E-state index contributed by atoms with van der Waals surface area (Å²) in [6.45, 7) is 9.99. The lowest BCUT2D eigenvalue weighted by Gasteiger charge is -2.59. The Morgan fingerprint density at radius 3 is 2.44 bits per heavy atom. The van der Waals surface area contributed by atoms with Gasteiger partial charge in [-0.05, 0) is 111 Å². The number of nitro benzene ring substituents is 1. The number of carbonyl (C=O) groups is 1. The second kappa shape index (κ2) is 19.1. The number of aliphatic hydroxyl groups is 2. The van der Waals surface area contributed by atoms with Crippen molar-refractivity contribution in [2.45, 2.75) is 95.6 Å². The number of amides is 1. The minimum atomic E-state index is -1.58. The van der Waals surface area contributed by atoms with Crippen molar-refractivity contribution in [2.75, 3.05) is 19.8 Å². The minimum Gasteiger partial charge on any atom is -0.508 e. The summed E-state index contributed by atoms with van der Waals surface area (Å²) in [6.07, 6.45) is 7.57. The number of unbranched alkanes of at least 4 members (excludes halogenated alkanes) is 2. The molecule has 1 amide bonds. The van der Waals surface area contributed by atoms with Gasteiger partial charge in [-0.25, -0.2) is 4.79 Å². The molecule has 3 N–H and O–H groups in total. The van der Waals surface area contributed by atoms with Crippen molar-refractivity contribution < 1.29 is 44.1 Å². The highest BCUT2D eigenvalue weighted by Gasteiger charge is 2.66. The molecule has 3 aliphatic rings. The molecule has 2 aliphatic carbocycles. The van der Waals surface area contributed by atoms with Crippen LogP contribution in [0.3, 0.4) is 0 Å². The van der Waals surface area contributed by atoms with Gasteiger partial charge in [0.05, 0.1) is 29.7 Å². The summed E-state index contributed by atoms with van der Waals surface area (Å²) in [5, 5.41) is 49.2. The van der Waals surface area contributed by atoms with Crippen LogP contribution in [0.2, 0.25) is 0 Å². The number of aliphatic hydroxyl groups excluding tert-OH is 2. The summed E-state index contributed by atoms with van der Waals surface area (Å²) in [4.78, 5) is 34.0. The number of ether oxygens (including phenoxy) is 3. The number of aromatic hydroxyl groups is 1. The number of oxime groups is 1. The molecule has 1 saturated carbocycles. The van der Waals surface area contributed by atoms with E-state index in [1.807, 2.05) is 63.2 Å². The largest absolute Gasteiger partial charge is 0.508 e. The van der Waals surface area contributed by atoms with Crippen molar-refractivity contribution in [3.8, 4) is 17.2 Å². The number of hydrogen-bond donors (Lipinski definition) is 3. The van der Waals surface area contributed by atoms with Gasteiger partial charge in [-0.15, -0.1) is 6.58 Å². The van der Waals surface area contributed by atoms with Crippen molar-refractivity contribution in [3.63, 3.8) is 0 Å². The molecule has 0 aromatic heterocycles. The third-order valence-electron chi connectivity index (χ3n) is 12.2. The van der Waals surface area contributed by atoms with Crippen LogP contribution in [0.5, 0.6) is 17.2 Å². The number of rotatable bonds is 17. The van der Waals surface area contributed by atoms with Gasteiger partial charge in [-0.2, -0.15) is 0 Å². The Morgan fingerprint density at radius 1 is 1.00 bits per heavy atom. The fourth-order valence-electron chi connectivity index (χ4n) is 9.56. The van der Waals surface area contributed by atoms with E-state index in [-0.39, 0.29) is 67.7 Å². The number of phenolic OH excluding ortho intramolecular Hbond substituents is 1. The predicted molar refractivity (Wildman–Crippen MR) is 236 cm³/mol. The molecule has 0 saturated heterocycles. The number of non-ortho nitro benzene ring substituents is 1. The zero-order valence-corrected chi connectivity index (χ0v) is 35.7. The van der Waals surface area contributed by atoms with Crippen LogP contribution >= 0.6 is 0 Å². The number of phenols is 1. The van der Waals surface area contributed by atoms with Gasteiger partial charge in [-0.3, -0.25) is 15.0 Å². The van der Waals surface area contributed by atoms with Crippen molar-refractivity contribution in [3.05, 3.63) is 130 Å². The maximum Gasteiger partial charge on any atom is 0.416 e. The normalized spacial score (nSPS) is 23.4. The average molecular weight is 848 g/mol. The summed E-state index contributed by atoms with van der Waals surface area (Å²) in [6, 6.07) is 23.4. The Bertz CT molecular complexity index is 2300. The number of nitro groups is 1. The SMILES string of the molecule is C=CCOC12Oc3ccc(O)cc3C3C(CCCCO)C(CCCCO)C=C(C(=NOC(C)(C)C)CC1N(Cc1cccc4ccccc14)C(=O)Oc1ccc([N+](=O)[O-])cc1)C32. The Kier molecular flexibility index (Phi) is 13.6. The summed E-state index contributed by atoms with van der Waals surface area (Å²) >= 11 is 0. The van der Waals surface area contributed by atoms with E-state index in [9.17, 15) is 25.4 Å². The van der Waals surface area contributed by atoms with E-state index in [1.54, 1.807) is 29.2 Å². The van der Waals surface area contributed by atoms with Crippen molar-refractivity contribution >= 4 is 28.3 Å². The quantitative estimate of drug-likeness (QED) is 0.0402. The van der Waals surface area contributed by atoms with Gasteiger partial charge in [0, 0.05) is 43.2 Å². The molecule has 0 spiro atoms. The van der Waals surface area contributed by atoms with Crippen LogP contribution in [0, 0.1) is 27.9 Å². The first kappa shape index (κ1) is 44.3. The Hall–Kier alpha value is -5.76. The van der Waals surface area contributed by atoms with Gasteiger partial charge in [0.25, 0.3) is 5.69 Å². The number of carbonyl (C=O) groups excluding carboxylic acids is 1. The number of allylic oxidation sites excluding steroid dienone is 1. The molecule has 13 heteroatoms. The molecule has 0 bridgehead atoms. The second-order valence-electron chi connectivity index (χ2n) is 17.4. The molecule has 13 nitrogen and oxygen atoms in total. The highest BCUT2D eigenvalue weighted by Crippen LogP contribution is 2.62. The molecule has 0 radical (unpaired) electrons. The monoisotopic (exact) mass is 847 g/mol. The lowest BCUT2D eigenvalue weighted by molar-refractivity contribution is -0.384. The highest BCUT2D eigenvalue weighted by atomic mass is 16.7. The third kappa shape index (κ3) is 9.35. The van der Waals surface area contributed by atoms with Gasteiger partial charge in [0.1, 0.15) is 28.9 Å². The van der Waals surface area contributed by atoms with E-state index in [4.69, 9.17) is 24.2 Å². The first-order valence-corrected chi connectivity index (χ1v) is 21.5. The van der Waals surface area contributed by atoms with Crippen LogP contribution in [-0.4, -0.2) is 74.2 Å². The van der Waals surface area contributed by atoms with Gasteiger partial charge < -0.3 is 34.4 Å². The molecule has 1 aliphatic heterocycles. The van der Waals surface area contributed by atoms with Crippen LogP contribution in [0.25, 0.3) is 10.8 Å². The molecule has 1 heterocycles. The van der Waals surface area contributed by atoms with Crippen LogP contribution < -0.4 is 9.47 Å². The second-order valence-corrected chi connectivity index (χ2v) is 17.4. The minimum absolute atomic E-state index is 0.0113. The topological polar surface area (TPSA) is 173 Å². The maximum absolute atomic E-state index is 15.1. The Balaban J connectivity index is 1.48. The van der Waals surface area contributed by atoms with Crippen molar-refractivity contribution in [1.29, 1.82) is 0 Å². The first-order chi connectivity index (χ1) is 29.9. The van der Waals surface area contributed by atoms with E-state index in [0.717, 1.165) is 53.2 Å². The summed E-state index contributed by atoms with van der Waals surface area (Å²) in [7, 11) is 0. The standard InChI is InChI=1S/C49H57N3O10/c1-5-27-59-49-44(51(31-34-16-12-15-32-13-6-7-17-38(32)34)47(56)60-37-22-19-35(20-23-37)52(57)58)30-42(50-62-48(2,3)4)40-28-33(14-8-10-25-53)39(18-9-11-26-54)45(46(40)49)41-29-36(55)21-24-43(41)61-49/h5-7,12-13,15-17,19-24,28-29,33,39,44-46,53-55H,1,8-11,14,18,25-27,30-31H2,2-4H3. The van der Waals surface area contributed by atoms with E-state index in [2.05, 4.69) is 12.7 Å². The highest BCUT2D eigenvalue weighted by molar-refractivity contribution is 6.03. The van der Waals surface area contributed by atoms with E-state index in [1.165, 1.54) is 24.3 Å². The fourth-order valence-corrected chi connectivity index (χ4v) is 9.56. The van der Waals surface area contributed by atoms with Crippen LogP contribution in [-0.2, 0) is 16.1 Å². The van der Waals surface area contributed by atoms with Gasteiger partial charge in [0.15, 0.2) is 0 Å². The Morgan fingerprint density at radius 2 is 1.73 bits per heavy atom. The molecule has 6 unspecified atom stereocenters. The zero-order chi connectivity index (χ0) is 44.0. The fraction of sp³-hybridized carbons (Fsp3) is 0.429. The maximum atomic E-state index is 15.1. The van der Waals surface area contributed by atoms with Gasteiger partial charge >= 0.3 is 6.09 Å². The molecule has 62 heavy (non-hydrogen) atoms. The molecular formula is C49H57N3O10. The van der Waals surface area contributed by atoms with E-state index >= 15 is 4.79 Å². The van der Waals surface area contributed by atoms with Crippen molar-refractivity contribution in [2.24, 2.45) is 22.9 Å². The summed E-state index contributed by atoms with van der Waals surface area (Å²) < 4.78 is 20.5. The van der Waals surface area contributed by atoms with Crippen LogP contribution in [0.15, 0.2) is 114 Å². The zero-order valence-electron chi connectivity index (χ0n) is 35.7. The lowest BCUT2D eigenvalue weighted by Crippen LogP contribution is -2.70. The van der Waals surface area contributed by atoms with E-state index < -0.39 is 34.4 Å². The van der Waals surface area contributed by atoms with Crippen LogP contribution in [0.1, 0.15) is 82.8 Å². The Labute approximate surface area is 362 Å². The number of benzene rings is 4. The molecular weight excluding hydrogens is 791 g/mol. The molecule has 4 aromatic rings.